The lowest BCUT2D eigenvalue weighted by atomic mass is 10.0. The summed E-state index contributed by atoms with van der Waals surface area (Å²) < 4.78 is 33.2. The van der Waals surface area contributed by atoms with Crippen molar-refractivity contribution in [3.63, 3.8) is 0 Å². The number of carbonyl (C=O) groups excluding carboxylic acids is 1. The molecule has 2 atom stereocenters. The molecule has 0 aromatic heterocycles. The van der Waals surface area contributed by atoms with E-state index in [0.717, 1.165) is 50.1 Å². The summed E-state index contributed by atoms with van der Waals surface area (Å²) in [5.41, 5.74) is 1.49. The first-order valence-corrected chi connectivity index (χ1v) is 14.1. The quantitative estimate of drug-likeness (QED) is 0.592. The molecule has 0 aliphatic carbocycles. The molecule has 0 radical (unpaired) electrons. The first kappa shape index (κ1) is 25.7. The number of methoxy groups -OCH3 is 1. The Bertz CT molecular complexity index is 1100. The number of hydrogen-bond donors (Lipinski definition) is 1. The molecule has 190 valence electrons. The zero-order chi connectivity index (χ0) is 24.8. The van der Waals surface area contributed by atoms with Gasteiger partial charge in [0.2, 0.25) is 10.0 Å². The molecule has 35 heavy (non-hydrogen) atoms. The van der Waals surface area contributed by atoms with Gasteiger partial charge < -0.3 is 10.1 Å². The van der Waals surface area contributed by atoms with Gasteiger partial charge in [-0.15, -0.1) is 0 Å². The van der Waals surface area contributed by atoms with E-state index in [1.54, 1.807) is 29.6 Å². The van der Waals surface area contributed by atoms with Crippen molar-refractivity contribution >= 4 is 15.9 Å². The van der Waals surface area contributed by atoms with E-state index in [-0.39, 0.29) is 16.8 Å². The van der Waals surface area contributed by atoms with Gasteiger partial charge >= 0.3 is 0 Å². The third kappa shape index (κ3) is 6.23. The van der Waals surface area contributed by atoms with E-state index in [1.807, 2.05) is 12.1 Å². The Balaban J connectivity index is 1.48. The van der Waals surface area contributed by atoms with Crippen molar-refractivity contribution in [2.75, 3.05) is 39.8 Å². The lowest BCUT2D eigenvalue weighted by molar-refractivity contribution is 0.0924. The van der Waals surface area contributed by atoms with E-state index in [2.05, 4.69) is 29.3 Å². The van der Waals surface area contributed by atoms with Crippen molar-refractivity contribution in [2.45, 2.75) is 50.0 Å². The number of ether oxygens (including phenoxy) is 1. The second-order valence-electron chi connectivity index (χ2n) is 9.73. The second kappa shape index (κ2) is 11.5. The Morgan fingerprint density at radius 3 is 2.49 bits per heavy atom. The van der Waals surface area contributed by atoms with Crippen molar-refractivity contribution in [3.05, 3.63) is 59.7 Å². The maximum absolute atomic E-state index is 13.2. The Hall–Kier alpha value is -2.42. The third-order valence-corrected chi connectivity index (χ3v) is 9.00. The average molecular weight is 500 g/mol. The Morgan fingerprint density at radius 1 is 1.06 bits per heavy atom. The summed E-state index contributed by atoms with van der Waals surface area (Å²) in [6.07, 6.45) is 5.44. The summed E-state index contributed by atoms with van der Waals surface area (Å²) in [7, 11) is -1.97. The predicted molar refractivity (Wildman–Crippen MR) is 137 cm³/mol. The van der Waals surface area contributed by atoms with Crippen LogP contribution in [0.15, 0.2) is 53.4 Å². The van der Waals surface area contributed by atoms with Crippen molar-refractivity contribution in [3.8, 4) is 5.75 Å². The topological polar surface area (TPSA) is 78.9 Å². The van der Waals surface area contributed by atoms with Gasteiger partial charge in [0, 0.05) is 25.2 Å². The van der Waals surface area contributed by atoms with Crippen LogP contribution in [0.1, 0.15) is 61.0 Å². The fourth-order valence-corrected chi connectivity index (χ4v) is 6.76. The highest BCUT2D eigenvalue weighted by atomic mass is 32.2. The van der Waals surface area contributed by atoms with Gasteiger partial charge in [0.05, 0.1) is 18.0 Å². The molecule has 2 aromatic rings. The Kier molecular flexibility index (Phi) is 8.46. The number of amides is 1. The number of nitrogens with one attached hydrogen (secondary N) is 1. The van der Waals surface area contributed by atoms with Crippen molar-refractivity contribution in [2.24, 2.45) is 5.92 Å². The van der Waals surface area contributed by atoms with Gasteiger partial charge in [-0.3, -0.25) is 9.69 Å². The number of nitrogens with zero attached hydrogens (tertiary/aromatic N) is 2. The molecule has 2 aliphatic heterocycles. The smallest absolute Gasteiger partial charge is 0.251 e. The van der Waals surface area contributed by atoms with Crippen LogP contribution < -0.4 is 10.1 Å². The highest BCUT2D eigenvalue weighted by Gasteiger charge is 2.29. The van der Waals surface area contributed by atoms with Crippen LogP contribution in [0.2, 0.25) is 0 Å². The van der Waals surface area contributed by atoms with Gasteiger partial charge in [-0.1, -0.05) is 31.5 Å². The Labute approximate surface area is 209 Å². The van der Waals surface area contributed by atoms with Crippen LogP contribution >= 0.6 is 0 Å². The lowest BCUT2D eigenvalue weighted by Crippen LogP contribution is -2.40. The van der Waals surface area contributed by atoms with Crippen LogP contribution in [0.4, 0.5) is 0 Å². The number of piperidine rings is 2. The minimum absolute atomic E-state index is 0.0481. The molecule has 2 heterocycles. The highest BCUT2D eigenvalue weighted by Crippen LogP contribution is 2.27. The molecular weight excluding hydrogens is 462 g/mol. The number of hydrogen-bond acceptors (Lipinski definition) is 5. The van der Waals surface area contributed by atoms with Crippen LogP contribution in [0.5, 0.6) is 5.75 Å². The molecule has 2 aromatic carbocycles. The van der Waals surface area contributed by atoms with E-state index >= 15 is 0 Å². The van der Waals surface area contributed by atoms with Gasteiger partial charge in [0.1, 0.15) is 5.75 Å². The highest BCUT2D eigenvalue weighted by molar-refractivity contribution is 7.89. The van der Waals surface area contributed by atoms with Crippen molar-refractivity contribution in [1.29, 1.82) is 0 Å². The third-order valence-electron chi connectivity index (χ3n) is 7.14. The maximum atomic E-state index is 13.2. The summed E-state index contributed by atoms with van der Waals surface area (Å²) in [6.45, 7) is 5.57. The van der Waals surface area contributed by atoms with Gasteiger partial charge in [-0.05, 0) is 80.6 Å². The molecule has 7 nitrogen and oxygen atoms in total. The molecule has 0 unspecified atom stereocenters. The van der Waals surface area contributed by atoms with Gasteiger partial charge in [-0.2, -0.15) is 4.31 Å². The lowest BCUT2D eigenvalue weighted by Gasteiger charge is -2.35. The molecule has 8 heteroatoms. The molecule has 1 amide bonds. The van der Waals surface area contributed by atoms with Crippen molar-refractivity contribution < 1.29 is 17.9 Å². The van der Waals surface area contributed by atoms with Gasteiger partial charge in [-0.25, -0.2) is 8.42 Å². The molecule has 0 spiro atoms. The minimum atomic E-state index is -3.62. The van der Waals surface area contributed by atoms with Gasteiger partial charge in [0.15, 0.2) is 0 Å². The van der Waals surface area contributed by atoms with Crippen molar-refractivity contribution in [1.82, 2.24) is 14.5 Å². The number of carbonyl (C=O) groups is 1. The van der Waals surface area contributed by atoms with Crippen LogP contribution in [0.3, 0.4) is 0 Å². The van der Waals surface area contributed by atoms with Gasteiger partial charge in [0.25, 0.3) is 5.91 Å². The fourth-order valence-electron chi connectivity index (χ4n) is 5.12. The first-order chi connectivity index (χ1) is 16.9. The molecular formula is C27H37N3O4S. The van der Waals surface area contributed by atoms with Crippen LogP contribution in [-0.2, 0) is 10.0 Å². The summed E-state index contributed by atoms with van der Waals surface area (Å²) in [4.78, 5) is 15.7. The summed E-state index contributed by atoms with van der Waals surface area (Å²) >= 11 is 0. The molecule has 2 saturated heterocycles. The molecule has 4 rings (SSSR count). The zero-order valence-electron chi connectivity index (χ0n) is 20.8. The minimum Gasteiger partial charge on any atom is -0.497 e. The van der Waals surface area contributed by atoms with Crippen LogP contribution in [-0.4, -0.2) is 63.4 Å². The second-order valence-corrected chi connectivity index (χ2v) is 11.7. The standard InChI is InChI=1S/C27H37N3O4S/c1-21-8-7-17-30(20-21)35(32,33)25-10-6-9-23(18-25)27(31)28-19-26(29-15-4-3-5-16-29)22-11-13-24(34-2)14-12-22/h6,9-14,18,21,26H,3-5,7-8,15-17,19-20H2,1-2H3,(H,28,31)/t21-,26-/m0/s1. The number of rotatable bonds is 8. The van der Waals surface area contributed by atoms with E-state index in [4.69, 9.17) is 4.74 Å². The average Bonchev–Trinajstić information content (AvgIpc) is 2.89. The van der Waals surface area contributed by atoms with E-state index in [9.17, 15) is 13.2 Å². The summed E-state index contributed by atoms with van der Waals surface area (Å²) in [6, 6.07) is 14.5. The number of likely N-dealkylation sites (tertiary alicyclic amines) is 1. The molecule has 0 saturated carbocycles. The maximum Gasteiger partial charge on any atom is 0.251 e. The summed E-state index contributed by atoms with van der Waals surface area (Å²) in [5, 5.41) is 3.07. The number of benzene rings is 2. The van der Waals surface area contributed by atoms with E-state index in [1.165, 1.54) is 12.5 Å². The molecule has 2 aliphatic rings. The van der Waals surface area contributed by atoms with Crippen LogP contribution in [0, 0.1) is 5.92 Å². The normalized spacial score (nSPS) is 20.8. The van der Waals surface area contributed by atoms with E-state index < -0.39 is 10.0 Å². The van der Waals surface area contributed by atoms with Crippen LogP contribution in [0.25, 0.3) is 0 Å². The van der Waals surface area contributed by atoms with E-state index in [0.29, 0.717) is 31.1 Å². The monoisotopic (exact) mass is 499 g/mol. The molecule has 0 bridgehead atoms. The summed E-state index contributed by atoms with van der Waals surface area (Å²) in [5.74, 6) is 0.885. The largest absolute Gasteiger partial charge is 0.497 e. The molecule has 1 N–H and O–H groups in total. The SMILES string of the molecule is COc1ccc([C@H](CNC(=O)c2cccc(S(=O)(=O)N3CCC[C@H](C)C3)c2)N2CCCCC2)cc1. The number of sulfonamides is 1. The predicted octanol–water partition coefficient (Wildman–Crippen LogP) is 4.07. The Morgan fingerprint density at radius 2 is 1.80 bits per heavy atom. The zero-order valence-corrected chi connectivity index (χ0v) is 21.6. The fraction of sp³-hybridized carbons (Fsp3) is 0.519. The molecule has 2 fully saturated rings. The first-order valence-electron chi connectivity index (χ1n) is 12.6.